The van der Waals surface area contributed by atoms with Gasteiger partial charge in [-0.2, -0.15) is 0 Å². The Morgan fingerprint density at radius 3 is 2.75 bits per heavy atom. The van der Waals surface area contributed by atoms with Gasteiger partial charge in [0, 0.05) is 25.2 Å². The topological polar surface area (TPSA) is 104 Å². The average Bonchev–Trinajstić information content (AvgIpc) is 2.38. The van der Waals surface area contributed by atoms with Crippen LogP contribution < -0.4 is 16.0 Å². The molecule has 0 spiro atoms. The molecular weight excluding hydrogens is 258 g/mol. The number of carboxylic acid groups (broad SMARTS) is 1. The maximum absolute atomic E-state index is 10.8. The number of rotatable bonds is 3. The predicted molar refractivity (Wildman–Crippen MR) is 75.7 cm³/mol. The summed E-state index contributed by atoms with van der Waals surface area (Å²) in [5, 5.41) is 11.5. The fraction of sp³-hybridized carbons (Fsp3) is 0.615. The summed E-state index contributed by atoms with van der Waals surface area (Å²) in [5.74, 6) is 0.815. The Balaban J connectivity index is 2.09. The largest absolute Gasteiger partial charge is 0.465 e. The van der Waals surface area contributed by atoms with Gasteiger partial charge in [-0.15, -0.1) is 0 Å². The number of nitrogens with two attached hydrogens (primary N) is 1. The zero-order valence-electron chi connectivity index (χ0n) is 11.9. The number of hydrogen-bond donors (Lipinski definition) is 3. The Labute approximate surface area is 118 Å². The fourth-order valence-electron chi connectivity index (χ4n) is 2.52. The minimum Gasteiger partial charge on any atom is -0.465 e. The number of nitrogens with zero attached hydrogens (tertiary/aromatic N) is 3. The molecule has 1 aliphatic rings. The van der Waals surface area contributed by atoms with Crippen LogP contribution in [-0.2, 0) is 6.54 Å². The van der Waals surface area contributed by atoms with Gasteiger partial charge in [0.15, 0.2) is 5.82 Å². The van der Waals surface area contributed by atoms with Gasteiger partial charge in [-0.25, -0.2) is 9.78 Å². The van der Waals surface area contributed by atoms with E-state index in [1.165, 1.54) is 0 Å². The first kappa shape index (κ1) is 14.5. The third-order valence-electron chi connectivity index (χ3n) is 3.71. The molecule has 1 amide bonds. The highest BCUT2D eigenvalue weighted by Gasteiger charge is 2.32. The molecule has 1 aromatic heterocycles. The quantitative estimate of drug-likeness (QED) is 0.758. The van der Waals surface area contributed by atoms with E-state index in [0.29, 0.717) is 6.54 Å². The second kappa shape index (κ2) is 5.62. The number of aromatic nitrogens is 2. The van der Waals surface area contributed by atoms with Gasteiger partial charge in [0.2, 0.25) is 0 Å². The number of nitrogens with one attached hydrogen (secondary N) is 1. The molecule has 7 heteroatoms. The summed E-state index contributed by atoms with van der Waals surface area (Å²) in [6, 6.07) is 0. The van der Waals surface area contributed by atoms with Crippen molar-refractivity contribution in [2.75, 3.05) is 18.0 Å². The standard InChI is InChI=1S/C13H21N5O2/c1-9-8-15-11(10(7-14)16-9)18-5-3-13(2,4-6-18)17-12(19)20/h8,17H,3-7,14H2,1-2H3,(H,19,20). The summed E-state index contributed by atoms with van der Waals surface area (Å²) in [7, 11) is 0. The second-order valence-corrected chi connectivity index (χ2v) is 5.46. The molecule has 0 aromatic carbocycles. The van der Waals surface area contributed by atoms with E-state index in [9.17, 15) is 4.79 Å². The normalized spacial score (nSPS) is 17.9. The van der Waals surface area contributed by atoms with E-state index in [2.05, 4.69) is 20.2 Å². The fourth-order valence-corrected chi connectivity index (χ4v) is 2.52. The van der Waals surface area contributed by atoms with Crippen molar-refractivity contribution in [3.8, 4) is 0 Å². The van der Waals surface area contributed by atoms with Crippen molar-refractivity contribution in [2.24, 2.45) is 5.73 Å². The summed E-state index contributed by atoms with van der Waals surface area (Å²) in [4.78, 5) is 21.8. The average molecular weight is 279 g/mol. The number of anilines is 1. The molecule has 1 fully saturated rings. The summed E-state index contributed by atoms with van der Waals surface area (Å²) < 4.78 is 0. The molecule has 4 N–H and O–H groups in total. The second-order valence-electron chi connectivity index (χ2n) is 5.46. The van der Waals surface area contributed by atoms with E-state index in [0.717, 1.165) is 43.1 Å². The van der Waals surface area contributed by atoms with Crippen LogP contribution in [0.5, 0.6) is 0 Å². The van der Waals surface area contributed by atoms with Crippen LogP contribution in [0.3, 0.4) is 0 Å². The van der Waals surface area contributed by atoms with Gasteiger partial charge in [-0.3, -0.25) is 4.98 Å². The lowest BCUT2D eigenvalue weighted by Gasteiger charge is -2.40. The molecule has 20 heavy (non-hydrogen) atoms. The SMILES string of the molecule is Cc1cnc(N2CCC(C)(NC(=O)O)CC2)c(CN)n1. The van der Waals surface area contributed by atoms with E-state index in [4.69, 9.17) is 10.8 Å². The molecule has 110 valence electrons. The molecule has 0 bridgehead atoms. The van der Waals surface area contributed by atoms with Crippen LogP contribution in [0.15, 0.2) is 6.20 Å². The van der Waals surface area contributed by atoms with Crippen LogP contribution >= 0.6 is 0 Å². The van der Waals surface area contributed by atoms with Gasteiger partial charge in [-0.1, -0.05) is 0 Å². The lowest BCUT2D eigenvalue weighted by atomic mass is 9.90. The van der Waals surface area contributed by atoms with Crippen molar-refractivity contribution >= 4 is 11.9 Å². The van der Waals surface area contributed by atoms with Crippen LogP contribution in [0, 0.1) is 6.92 Å². The smallest absolute Gasteiger partial charge is 0.405 e. The Morgan fingerprint density at radius 1 is 1.55 bits per heavy atom. The highest BCUT2D eigenvalue weighted by Crippen LogP contribution is 2.26. The van der Waals surface area contributed by atoms with Gasteiger partial charge in [0.1, 0.15) is 0 Å². The van der Waals surface area contributed by atoms with E-state index in [1.54, 1.807) is 6.20 Å². The third-order valence-corrected chi connectivity index (χ3v) is 3.71. The lowest BCUT2D eigenvalue weighted by molar-refractivity contribution is 0.173. The van der Waals surface area contributed by atoms with Crippen LogP contribution in [-0.4, -0.2) is 39.8 Å². The minimum absolute atomic E-state index is 0.352. The number of amides is 1. The van der Waals surface area contributed by atoms with Crippen molar-refractivity contribution < 1.29 is 9.90 Å². The molecule has 0 atom stereocenters. The van der Waals surface area contributed by atoms with Crippen molar-refractivity contribution in [1.29, 1.82) is 0 Å². The zero-order chi connectivity index (χ0) is 14.8. The molecule has 0 unspecified atom stereocenters. The van der Waals surface area contributed by atoms with Crippen molar-refractivity contribution in [1.82, 2.24) is 15.3 Å². The lowest BCUT2D eigenvalue weighted by Crippen LogP contribution is -2.53. The Hall–Kier alpha value is -1.89. The number of carbonyl (C=O) groups is 1. The van der Waals surface area contributed by atoms with E-state index >= 15 is 0 Å². The molecule has 0 aliphatic carbocycles. The maximum atomic E-state index is 10.8. The summed E-state index contributed by atoms with van der Waals surface area (Å²) >= 11 is 0. The van der Waals surface area contributed by atoms with Crippen LogP contribution in [0.2, 0.25) is 0 Å². The Kier molecular flexibility index (Phi) is 4.08. The molecule has 0 saturated carbocycles. The Morgan fingerprint density at radius 2 is 2.20 bits per heavy atom. The predicted octanol–water partition coefficient (Wildman–Crippen LogP) is 0.870. The molecule has 7 nitrogen and oxygen atoms in total. The van der Waals surface area contributed by atoms with Gasteiger partial charge in [-0.05, 0) is 26.7 Å². The molecular formula is C13H21N5O2. The van der Waals surface area contributed by atoms with Gasteiger partial charge in [0.05, 0.1) is 17.6 Å². The zero-order valence-corrected chi connectivity index (χ0v) is 11.9. The molecule has 0 radical (unpaired) electrons. The summed E-state index contributed by atoms with van der Waals surface area (Å²) in [6.45, 7) is 5.65. The number of piperidine rings is 1. The highest BCUT2D eigenvalue weighted by atomic mass is 16.4. The van der Waals surface area contributed by atoms with Gasteiger partial charge < -0.3 is 21.1 Å². The van der Waals surface area contributed by atoms with Crippen LogP contribution in [0.1, 0.15) is 31.2 Å². The monoisotopic (exact) mass is 279 g/mol. The van der Waals surface area contributed by atoms with Gasteiger partial charge >= 0.3 is 6.09 Å². The summed E-state index contributed by atoms with van der Waals surface area (Å²) in [6.07, 6.45) is 2.23. The maximum Gasteiger partial charge on any atom is 0.405 e. The molecule has 1 saturated heterocycles. The van der Waals surface area contributed by atoms with E-state index in [1.807, 2.05) is 13.8 Å². The van der Waals surface area contributed by atoms with Crippen LogP contribution in [0.25, 0.3) is 0 Å². The van der Waals surface area contributed by atoms with Crippen molar-refractivity contribution in [3.63, 3.8) is 0 Å². The summed E-state index contributed by atoms with van der Waals surface area (Å²) in [5.41, 5.74) is 7.00. The number of hydrogen-bond acceptors (Lipinski definition) is 5. The molecule has 2 heterocycles. The van der Waals surface area contributed by atoms with E-state index in [-0.39, 0.29) is 5.54 Å². The first-order valence-electron chi connectivity index (χ1n) is 6.72. The van der Waals surface area contributed by atoms with E-state index < -0.39 is 6.09 Å². The van der Waals surface area contributed by atoms with Gasteiger partial charge in [0.25, 0.3) is 0 Å². The highest BCUT2D eigenvalue weighted by molar-refractivity contribution is 5.65. The van der Waals surface area contributed by atoms with Crippen molar-refractivity contribution in [2.45, 2.75) is 38.8 Å². The number of aryl methyl sites for hydroxylation is 1. The molecule has 2 rings (SSSR count). The first-order chi connectivity index (χ1) is 9.43. The molecule has 1 aliphatic heterocycles. The van der Waals surface area contributed by atoms with Crippen molar-refractivity contribution in [3.05, 3.63) is 17.6 Å². The van der Waals surface area contributed by atoms with Crippen LogP contribution in [0.4, 0.5) is 10.6 Å². The minimum atomic E-state index is -0.973. The third kappa shape index (κ3) is 3.16. The first-order valence-corrected chi connectivity index (χ1v) is 6.72. The molecule has 1 aromatic rings. The Bertz CT molecular complexity index is 498.